The average molecular weight is 267 g/mol. The zero-order valence-electron chi connectivity index (χ0n) is 11.4. The lowest BCUT2D eigenvalue weighted by Gasteiger charge is -2.10. The Bertz CT molecular complexity index is 847. The van der Waals surface area contributed by atoms with E-state index in [-0.39, 0.29) is 11.4 Å². The van der Waals surface area contributed by atoms with Crippen molar-refractivity contribution in [3.05, 3.63) is 70.4 Å². The number of rotatable bonds is 1. The normalized spacial score (nSPS) is 10.9. The molecule has 20 heavy (non-hydrogen) atoms. The highest BCUT2D eigenvalue weighted by Gasteiger charge is 2.09. The number of nitrogens with zero attached hydrogens (tertiary/aromatic N) is 1. The lowest BCUT2D eigenvalue weighted by Crippen LogP contribution is -2.16. The van der Waals surface area contributed by atoms with Crippen LogP contribution in [0.1, 0.15) is 5.56 Å². The van der Waals surface area contributed by atoms with Gasteiger partial charge in [-0.1, -0.05) is 29.8 Å². The van der Waals surface area contributed by atoms with E-state index in [1.165, 1.54) is 12.1 Å². The molecule has 0 atom stereocenters. The first-order chi connectivity index (χ1) is 9.56. The Hall–Kier alpha value is -2.42. The third-order valence-corrected chi connectivity index (χ3v) is 3.49. The van der Waals surface area contributed by atoms with E-state index in [2.05, 4.69) is 0 Å². The fourth-order valence-corrected chi connectivity index (χ4v) is 2.44. The van der Waals surface area contributed by atoms with Gasteiger partial charge in [0.25, 0.3) is 5.56 Å². The molecule has 0 N–H and O–H groups in total. The molecule has 0 radical (unpaired) electrons. The number of aromatic nitrogens is 1. The molecule has 0 amide bonds. The first-order valence-electron chi connectivity index (χ1n) is 6.42. The van der Waals surface area contributed by atoms with E-state index in [9.17, 15) is 9.18 Å². The second kappa shape index (κ2) is 4.60. The smallest absolute Gasteiger partial charge is 0.258 e. The van der Waals surface area contributed by atoms with Crippen LogP contribution in [0.15, 0.2) is 53.5 Å². The van der Waals surface area contributed by atoms with Crippen molar-refractivity contribution in [3.8, 4) is 11.1 Å². The monoisotopic (exact) mass is 267 g/mol. The lowest BCUT2D eigenvalue weighted by atomic mass is 9.99. The minimum atomic E-state index is -0.265. The molecule has 0 saturated heterocycles. The van der Waals surface area contributed by atoms with Crippen molar-refractivity contribution in [2.45, 2.75) is 6.92 Å². The molecule has 0 saturated carbocycles. The molecule has 3 aromatic rings. The summed E-state index contributed by atoms with van der Waals surface area (Å²) in [5, 5.41) is 1.58. The van der Waals surface area contributed by atoms with Gasteiger partial charge < -0.3 is 4.57 Å². The quantitative estimate of drug-likeness (QED) is 0.659. The highest BCUT2D eigenvalue weighted by molar-refractivity contribution is 5.96. The van der Waals surface area contributed by atoms with Crippen LogP contribution in [-0.4, -0.2) is 4.57 Å². The molecule has 1 aromatic heterocycles. The zero-order valence-corrected chi connectivity index (χ0v) is 11.4. The summed E-state index contributed by atoms with van der Waals surface area (Å²) in [4.78, 5) is 12.2. The molecule has 0 aliphatic rings. The highest BCUT2D eigenvalue weighted by Crippen LogP contribution is 2.27. The third-order valence-electron chi connectivity index (χ3n) is 3.49. The molecule has 100 valence electrons. The topological polar surface area (TPSA) is 22.0 Å². The maximum Gasteiger partial charge on any atom is 0.258 e. The zero-order chi connectivity index (χ0) is 14.3. The summed E-state index contributed by atoms with van der Waals surface area (Å²) in [6, 6.07) is 12.1. The van der Waals surface area contributed by atoms with Crippen molar-refractivity contribution in [2.24, 2.45) is 7.05 Å². The van der Waals surface area contributed by atoms with Gasteiger partial charge in [-0.25, -0.2) is 4.39 Å². The molecule has 0 aliphatic carbocycles. The van der Waals surface area contributed by atoms with Gasteiger partial charge in [-0.2, -0.15) is 0 Å². The Balaban J connectivity index is 2.39. The van der Waals surface area contributed by atoms with Gasteiger partial charge in [0.15, 0.2) is 0 Å². The van der Waals surface area contributed by atoms with Crippen LogP contribution in [0.25, 0.3) is 21.9 Å². The van der Waals surface area contributed by atoms with Gasteiger partial charge in [-0.15, -0.1) is 0 Å². The lowest BCUT2D eigenvalue weighted by molar-refractivity contribution is 0.628. The number of fused-ring (bicyclic) bond motifs is 1. The maximum absolute atomic E-state index is 13.1. The number of halogens is 1. The maximum atomic E-state index is 13.1. The summed E-state index contributed by atoms with van der Waals surface area (Å²) in [6.07, 6.45) is 1.80. The molecule has 3 heteroatoms. The van der Waals surface area contributed by atoms with Gasteiger partial charge in [-0.05, 0) is 36.1 Å². The number of hydrogen-bond donors (Lipinski definition) is 0. The average Bonchev–Trinajstić information content (AvgIpc) is 2.44. The number of benzene rings is 2. The molecule has 3 rings (SSSR count). The highest BCUT2D eigenvalue weighted by atomic mass is 19.1. The Morgan fingerprint density at radius 3 is 2.40 bits per heavy atom. The fourth-order valence-electron chi connectivity index (χ4n) is 2.44. The van der Waals surface area contributed by atoms with Crippen LogP contribution in [-0.2, 0) is 7.05 Å². The van der Waals surface area contributed by atoms with E-state index in [0.717, 1.165) is 22.1 Å². The van der Waals surface area contributed by atoms with Crippen LogP contribution in [0.5, 0.6) is 0 Å². The summed E-state index contributed by atoms with van der Waals surface area (Å²) in [7, 11) is 1.73. The Morgan fingerprint density at radius 2 is 1.70 bits per heavy atom. The van der Waals surface area contributed by atoms with Gasteiger partial charge >= 0.3 is 0 Å². The van der Waals surface area contributed by atoms with Crippen LogP contribution >= 0.6 is 0 Å². The van der Waals surface area contributed by atoms with Crippen LogP contribution in [0.2, 0.25) is 0 Å². The molecule has 2 nitrogen and oxygen atoms in total. The molecule has 0 fully saturated rings. The molecule has 0 unspecified atom stereocenters. The molecule has 0 bridgehead atoms. The van der Waals surface area contributed by atoms with Crippen LogP contribution in [0, 0.1) is 12.7 Å². The minimum absolute atomic E-state index is 0.0189. The Labute approximate surface area is 116 Å². The second-order valence-electron chi connectivity index (χ2n) is 5.01. The van der Waals surface area contributed by atoms with Crippen LogP contribution < -0.4 is 5.56 Å². The predicted octanol–water partition coefficient (Wildman–Crippen LogP) is 3.65. The van der Waals surface area contributed by atoms with E-state index >= 15 is 0 Å². The number of hydrogen-bond acceptors (Lipinski definition) is 1. The molecule has 0 aliphatic heterocycles. The third kappa shape index (κ3) is 2.01. The van der Waals surface area contributed by atoms with Crippen molar-refractivity contribution in [2.75, 3.05) is 0 Å². The summed E-state index contributed by atoms with van der Waals surface area (Å²) in [5.74, 6) is -0.265. The largest absolute Gasteiger partial charge is 0.317 e. The van der Waals surface area contributed by atoms with E-state index in [1.807, 2.05) is 25.1 Å². The van der Waals surface area contributed by atoms with Crippen molar-refractivity contribution in [1.82, 2.24) is 4.57 Å². The number of pyridine rings is 1. The van der Waals surface area contributed by atoms with E-state index < -0.39 is 0 Å². The summed E-state index contributed by atoms with van der Waals surface area (Å²) < 4.78 is 14.6. The van der Waals surface area contributed by atoms with Crippen LogP contribution in [0.3, 0.4) is 0 Å². The summed E-state index contributed by atoms with van der Waals surface area (Å²) in [5.41, 5.74) is 2.86. The predicted molar refractivity (Wildman–Crippen MR) is 79.3 cm³/mol. The van der Waals surface area contributed by atoms with E-state index in [1.54, 1.807) is 29.9 Å². The van der Waals surface area contributed by atoms with E-state index in [4.69, 9.17) is 0 Å². The van der Waals surface area contributed by atoms with Crippen molar-refractivity contribution < 1.29 is 4.39 Å². The molecule has 0 spiro atoms. The second-order valence-corrected chi connectivity index (χ2v) is 5.01. The molecule has 2 aromatic carbocycles. The molecule has 1 heterocycles. The van der Waals surface area contributed by atoms with Gasteiger partial charge in [0, 0.05) is 24.2 Å². The molecular weight excluding hydrogens is 253 g/mol. The van der Waals surface area contributed by atoms with Gasteiger partial charge in [0.1, 0.15) is 5.82 Å². The van der Waals surface area contributed by atoms with Crippen molar-refractivity contribution >= 4 is 10.8 Å². The van der Waals surface area contributed by atoms with E-state index in [0.29, 0.717) is 5.39 Å². The van der Waals surface area contributed by atoms with Gasteiger partial charge in [0.05, 0.1) is 0 Å². The van der Waals surface area contributed by atoms with Crippen molar-refractivity contribution in [3.63, 3.8) is 0 Å². The SMILES string of the molecule is Cc1ccc2c(-c3ccc(F)cc3)cn(C)c(=O)c2c1. The Kier molecular flexibility index (Phi) is 2.90. The van der Waals surface area contributed by atoms with Gasteiger partial charge in [0.2, 0.25) is 0 Å². The fraction of sp³-hybridized carbons (Fsp3) is 0.118. The first-order valence-corrected chi connectivity index (χ1v) is 6.42. The first kappa shape index (κ1) is 12.6. The summed E-state index contributed by atoms with van der Waals surface area (Å²) in [6.45, 7) is 1.96. The standard InChI is InChI=1S/C17H14FNO/c1-11-3-8-14-15(9-11)17(20)19(2)10-16(14)12-4-6-13(18)7-5-12/h3-10H,1-2H3. The Morgan fingerprint density at radius 1 is 1.00 bits per heavy atom. The summed E-state index contributed by atoms with van der Waals surface area (Å²) >= 11 is 0. The van der Waals surface area contributed by atoms with Crippen LogP contribution in [0.4, 0.5) is 4.39 Å². The minimum Gasteiger partial charge on any atom is -0.317 e. The van der Waals surface area contributed by atoms with Crippen molar-refractivity contribution in [1.29, 1.82) is 0 Å². The molecular formula is C17H14FNO. The number of aryl methyl sites for hydroxylation is 2. The van der Waals surface area contributed by atoms with Gasteiger partial charge in [-0.3, -0.25) is 4.79 Å².